The third-order valence-corrected chi connectivity index (χ3v) is 7.97. The van der Waals surface area contributed by atoms with Crippen LogP contribution in [0.2, 0.25) is 0 Å². The fourth-order valence-corrected chi connectivity index (χ4v) is 5.55. The average molecular weight is 517 g/mol. The molecule has 0 saturated heterocycles. The van der Waals surface area contributed by atoms with Crippen LogP contribution in [0.25, 0.3) is 0 Å². The number of rotatable bonds is 24. The Morgan fingerprint density at radius 1 is 0.629 bits per heavy atom. The van der Waals surface area contributed by atoms with E-state index < -0.39 is 12.9 Å². The number of quaternary nitrogens is 1. The Bertz CT molecular complexity index is 594. The molecule has 0 aromatic rings. The lowest BCUT2D eigenvalue weighted by molar-refractivity contribution is -0.875. The Labute approximate surface area is 217 Å². The molecule has 6 heteroatoms. The molecule has 0 heterocycles. The number of unbranched alkanes of at least 4 members (excludes halogenated alkanes) is 15. The summed E-state index contributed by atoms with van der Waals surface area (Å²) < 4.78 is 12.1. The monoisotopic (exact) mass is 516 g/mol. The number of hydrogen-bond acceptors (Lipinski definition) is 2. The molecular weight excluding hydrogens is 457 g/mol. The fourth-order valence-electron chi connectivity index (χ4n) is 4.49. The molecule has 0 aromatic carbocycles. The molecule has 0 radical (unpaired) electrons. The van der Waals surface area contributed by atoms with Gasteiger partial charge in [-0.3, -0.25) is 4.57 Å². The van der Waals surface area contributed by atoms with Crippen molar-refractivity contribution >= 4 is 7.60 Å². The Morgan fingerprint density at radius 3 is 1.31 bits per heavy atom. The molecule has 0 aliphatic heterocycles. The van der Waals surface area contributed by atoms with Crippen molar-refractivity contribution in [3.63, 3.8) is 0 Å². The van der Waals surface area contributed by atoms with E-state index >= 15 is 0 Å². The first-order valence-electron chi connectivity index (χ1n) is 14.4. The van der Waals surface area contributed by atoms with Gasteiger partial charge in [0.25, 0.3) is 0 Å². The number of likely N-dealkylation sites (N-methyl/N-ethyl adjacent to an activating group) is 1. The Hall–Kier alpha value is -0.450. The summed E-state index contributed by atoms with van der Waals surface area (Å²) in [5.74, 6) is 0. The molecule has 208 valence electrons. The van der Waals surface area contributed by atoms with Gasteiger partial charge in [0.2, 0.25) is 5.34 Å². The molecule has 0 aliphatic carbocycles. The van der Waals surface area contributed by atoms with Crippen molar-refractivity contribution in [2.45, 2.75) is 134 Å². The molecule has 0 rings (SSSR count). The molecule has 0 fully saturated rings. The summed E-state index contributed by atoms with van der Waals surface area (Å²) >= 11 is 0. The van der Waals surface area contributed by atoms with Gasteiger partial charge < -0.3 is 19.4 Å². The molecular formula is C29H59NO4P+. The first-order valence-corrected chi connectivity index (χ1v) is 16.0. The number of aliphatic hydroxyl groups is 1. The third kappa shape index (κ3) is 21.4. The number of nitrogens with zero attached hydrogens (tertiary/aromatic N) is 1. The number of allylic oxidation sites excluding steroid dienone is 4. The van der Waals surface area contributed by atoms with Gasteiger partial charge >= 0.3 is 7.60 Å². The quantitative estimate of drug-likeness (QED) is 0.0524. The molecule has 1 atom stereocenters. The smallest absolute Gasteiger partial charge is 0.362 e. The predicted molar refractivity (Wildman–Crippen MR) is 152 cm³/mol. The van der Waals surface area contributed by atoms with Gasteiger partial charge in [0.05, 0.1) is 21.1 Å². The first-order chi connectivity index (χ1) is 16.5. The Morgan fingerprint density at radius 2 is 0.971 bits per heavy atom. The van der Waals surface area contributed by atoms with E-state index in [0.717, 1.165) is 19.3 Å². The van der Waals surface area contributed by atoms with Gasteiger partial charge in [0.15, 0.2) is 0 Å². The van der Waals surface area contributed by atoms with E-state index in [4.69, 9.17) is 0 Å². The van der Waals surface area contributed by atoms with Crippen LogP contribution >= 0.6 is 7.60 Å². The van der Waals surface area contributed by atoms with Crippen LogP contribution in [0, 0.1) is 0 Å². The van der Waals surface area contributed by atoms with Gasteiger partial charge in [-0.25, -0.2) is 0 Å². The lowest BCUT2D eigenvalue weighted by atomic mass is 10.0. The second-order valence-corrected chi connectivity index (χ2v) is 13.3. The van der Waals surface area contributed by atoms with Crippen LogP contribution in [0.1, 0.15) is 129 Å². The van der Waals surface area contributed by atoms with Crippen LogP contribution in [0.15, 0.2) is 24.3 Å². The van der Waals surface area contributed by atoms with E-state index in [1.807, 2.05) is 21.1 Å². The van der Waals surface area contributed by atoms with E-state index in [-0.39, 0.29) is 13.0 Å². The van der Waals surface area contributed by atoms with Crippen LogP contribution in [-0.2, 0) is 4.57 Å². The van der Waals surface area contributed by atoms with Crippen molar-refractivity contribution in [3.05, 3.63) is 24.3 Å². The molecule has 5 nitrogen and oxygen atoms in total. The van der Waals surface area contributed by atoms with E-state index in [2.05, 4.69) is 31.2 Å². The maximum atomic E-state index is 11.8. The molecule has 0 saturated carbocycles. The zero-order chi connectivity index (χ0) is 26.5. The van der Waals surface area contributed by atoms with Crippen LogP contribution in [-0.4, -0.2) is 52.4 Å². The summed E-state index contributed by atoms with van der Waals surface area (Å²) in [5, 5.41) is 8.65. The highest BCUT2D eigenvalue weighted by Crippen LogP contribution is 2.52. The van der Waals surface area contributed by atoms with Gasteiger partial charge in [0.1, 0.15) is 6.54 Å². The highest BCUT2D eigenvalue weighted by atomic mass is 31.2. The van der Waals surface area contributed by atoms with Crippen molar-refractivity contribution in [1.29, 1.82) is 0 Å². The van der Waals surface area contributed by atoms with Crippen molar-refractivity contribution in [2.75, 3.05) is 27.7 Å². The van der Waals surface area contributed by atoms with Gasteiger partial charge in [-0.15, -0.1) is 0 Å². The second-order valence-electron chi connectivity index (χ2n) is 11.4. The van der Waals surface area contributed by atoms with Gasteiger partial charge in [0, 0.05) is 0 Å². The van der Waals surface area contributed by atoms with Gasteiger partial charge in [-0.2, -0.15) is 0 Å². The summed E-state index contributed by atoms with van der Waals surface area (Å²) in [6, 6.07) is 0. The van der Waals surface area contributed by atoms with Crippen LogP contribution in [0.3, 0.4) is 0 Å². The molecule has 0 amide bonds. The SMILES string of the molecule is CCCCC/C=C\CCCCCC/C=C\CCCCCCCCCC(O)(C[N+](C)(C)C)P(=O)(O)O. The minimum atomic E-state index is -4.55. The summed E-state index contributed by atoms with van der Waals surface area (Å²) in [6.45, 7) is 2.31. The largest absolute Gasteiger partial charge is 0.373 e. The maximum absolute atomic E-state index is 11.8. The minimum absolute atomic E-state index is 0.0572. The molecule has 0 aliphatic rings. The summed E-state index contributed by atoms with van der Waals surface area (Å²) in [7, 11) is 0.969. The molecule has 1 unspecified atom stereocenters. The van der Waals surface area contributed by atoms with E-state index in [1.165, 1.54) is 89.9 Å². The average Bonchev–Trinajstić information content (AvgIpc) is 2.75. The fraction of sp³-hybridized carbons (Fsp3) is 0.862. The normalized spacial score (nSPS) is 14.8. The molecule has 0 spiro atoms. The summed E-state index contributed by atoms with van der Waals surface area (Å²) in [5.41, 5.74) is 0. The predicted octanol–water partition coefficient (Wildman–Crippen LogP) is 8.10. The molecule has 0 aromatic heterocycles. The zero-order valence-electron chi connectivity index (χ0n) is 23.6. The standard InChI is InChI=1S/C29H58NO4P/c1-5-6-7-8-9-10-11-12-13-14-15-16-17-18-19-20-21-22-23-24-25-26-27-29(31,35(32,33)34)28-30(2,3)4/h9-10,17-18,31H,5-8,11-16,19-28H2,1-4H3,(H-,32,33,34)/p+1/b10-9-,18-17-. The maximum Gasteiger partial charge on any atom is 0.362 e. The van der Waals surface area contributed by atoms with Gasteiger partial charge in [-0.1, -0.05) is 89.0 Å². The first kappa shape index (κ1) is 34.6. The van der Waals surface area contributed by atoms with E-state index in [1.54, 1.807) is 0 Å². The van der Waals surface area contributed by atoms with E-state index in [0.29, 0.717) is 10.9 Å². The number of hydrogen-bond donors (Lipinski definition) is 3. The van der Waals surface area contributed by atoms with Crippen molar-refractivity contribution < 1.29 is 23.9 Å². The van der Waals surface area contributed by atoms with Crippen molar-refractivity contribution in [1.82, 2.24) is 0 Å². The van der Waals surface area contributed by atoms with Crippen LogP contribution in [0.5, 0.6) is 0 Å². The van der Waals surface area contributed by atoms with Crippen LogP contribution in [0.4, 0.5) is 0 Å². The molecule has 35 heavy (non-hydrogen) atoms. The lowest BCUT2D eigenvalue weighted by Gasteiger charge is -2.35. The Balaban J connectivity index is 3.57. The van der Waals surface area contributed by atoms with Crippen molar-refractivity contribution in [3.8, 4) is 0 Å². The second kappa shape index (κ2) is 20.6. The highest BCUT2D eigenvalue weighted by molar-refractivity contribution is 7.53. The minimum Gasteiger partial charge on any atom is -0.373 e. The van der Waals surface area contributed by atoms with Gasteiger partial charge in [-0.05, 0) is 64.2 Å². The Kier molecular flexibility index (Phi) is 20.3. The zero-order valence-corrected chi connectivity index (χ0v) is 24.5. The third-order valence-electron chi connectivity index (χ3n) is 6.52. The highest BCUT2D eigenvalue weighted by Gasteiger charge is 2.48. The van der Waals surface area contributed by atoms with E-state index in [9.17, 15) is 19.5 Å². The van der Waals surface area contributed by atoms with Crippen molar-refractivity contribution in [2.24, 2.45) is 0 Å². The summed E-state index contributed by atoms with van der Waals surface area (Å²) in [6.07, 6.45) is 31.3. The lowest BCUT2D eigenvalue weighted by Crippen LogP contribution is -2.49. The molecule has 3 N–H and O–H groups in total. The summed E-state index contributed by atoms with van der Waals surface area (Å²) in [4.78, 5) is 19.2. The van der Waals surface area contributed by atoms with Crippen LogP contribution < -0.4 is 0 Å². The molecule has 0 bridgehead atoms. The topological polar surface area (TPSA) is 77.8 Å².